The van der Waals surface area contributed by atoms with Crippen LogP contribution in [0.1, 0.15) is 11.5 Å². The van der Waals surface area contributed by atoms with Crippen LogP contribution in [0.2, 0.25) is 5.02 Å². The third kappa shape index (κ3) is 3.75. The highest BCUT2D eigenvalue weighted by Crippen LogP contribution is 2.32. The standard InChI is InChI=1S/C11H11ClF3N5O/c1-20(2)10-18-8(21-19-10)5-17-9-7(12)3-6(4-16-9)11(13,14)15/h3-4H,5H2,1-2H3,(H,16,17). The fraction of sp³-hybridized carbons (Fsp3) is 0.364. The Labute approximate surface area is 122 Å². The molecule has 0 aliphatic carbocycles. The number of alkyl halides is 3. The van der Waals surface area contributed by atoms with Crippen LogP contribution < -0.4 is 10.2 Å². The van der Waals surface area contributed by atoms with Gasteiger partial charge in [0.25, 0.3) is 5.95 Å². The Hall–Kier alpha value is -2.03. The summed E-state index contributed by atoms with van der Waals surface area (Å²) in [6.45, 7) is 0.0962. The summed E-state index contributed by atoms with van der Waals surface area (Å²) in [5, 5.41) is 6.29. The summed E-state index contributed by atoms with van der Waals surface area (Å²) in [4.78, 5) is 9.33. The van der Waals surface area contributed by atoms with Crippen molar-refractivity contribution in [3.63, 3.8) is 0 Å². The first-order valence-electron chi connectivity index (χ1n) is 5.74. The van der Waals surface area contributed by atoms with Gasteiger partial charge in [-0.3, -0.25) is 0 Å². The lowest BCUT2D eigenvalue weighted by atomic mass is 10.3. The van der Waals surface area contributed by atoms with Gasteiger partial charge in [-0.05, 0) is 11.2 Å². The predicted molar refractivity (Wildman–Crippen MR) is 70.2 cm³/mol. The molecule has 1 N–H and O–H groups in total. The van der Waals surface area contributed by atoms with Crippen molar-refractivity contribution in [1.82, 2.24) is 15.1 Å². The zero-order valence-corrected chi connectivity index (χ0v) is 11.8. The van der Waals surface area contributed by atoms with Crippen molar-refractivity contribution in [2.45, 2.75) is 12.7 Å². The number of hydrogen-bond donors (Lipinski definition) is 1. The molecule has 0 fully saturated rings. The highest BCUT2D eigenvalue weighted by molar-refractivity contribution is 6.32. The normalized spacial score (nSPS) is 11.5. The first kappa shape index (κ1) is 15.4. The minimum atomic E-state index is -4.48. The summed E-state index contributed by atoms with van der Waals surface area (Å²) < 4.78 is 42.4. The van der Waals surface area contributed by atoms with Crippen LogP contribution in [0.25, 0.3) is 0 Å². The van der Waals surface area contributed by atoms with Crippen molar-refractivity contribution in [3.8, 4) is 0 Å². The van der Waals surface area contributed by atoms with E-state index >= 15 is 0 Å². The molecule has 21 heavy (non-hydrogen) atoms. The molecule has 0 aliphatic rings. The Morgan fingerprint density at radius 2 is 2.10 bits per heavy atom. The van der Waals surface area contributed by atoms with Crippen molar-refractivity contribution in [2.75, 3.05) is 24.3 Å². The predicted octanol–water partition coefficient (Wildman–Crippen LogP) is 2.81. The maximum Gasteiger partial charge on any atom is 0.417 e. The topological polar surface area (TPSA) is 67.1 Å². The average molecular weight is 322 g/mol. The third-order valence-electron chi connectivity index (χ3n) is 2.43. The van der Waals surface area contributed by atoms with E-state index in [1.165, 1.54) is 0 Å². The second-order valence-electron chi connectivity index (χ2n) is 4.29. The van der Waals surface area contributed by atoms with Gasteiger partial charge < -0.3 is 14.7 Å². The number of nitrogens with zero attached hydrogens (tertiary/aromatic N) is 4. The molecule has 114 valence electrons. The number of nitrogens with one attached hydrogen (secondary N) is 1. The first-order chi connectivity index (χ1) is 9.77. The molecule has 0 radical (unpaired) electrons. The van der Waals surface area contributed by atoms with E-state index in [0.29, 0.717) is 12.1 Å². The molecule has 0 aliphatic heterocycles. The quantitative estimate of drug-likeness (QED) is 0.934. The van der Waals surface area contributed by atoms with Gasteiger partial charge in [0, 0.05) is 20.3 Å². The van der Waals surface area contributed by atoms with Crippen LogP contribution in [0, 0.1) is 0 Å². The lowest BCUT2D eigenvalue weighted by Gasteiger charge is -2.09. The molecule has 2 aromatic rings. The molecule has 0 saturated heterocycles. The molecular formula is C11H11ClF3N5O. The van der Waals surface area contributed by atoms with Crippen LogP contribution in [0.4, 0.5) is 24.9 Å². The number of aromatic nitrogens is 3. The number of halogens is 4. The van der Waals surface area contributed by atoms with Gasteiger partial charge in [-0.2, -0.15) is 18.2 Å². The van der Waals surface area contributed by atoms with Gasteiger partial charge in [-0.1, -0.05) is 11.6 Å². The van der Waals surface area contributed by atoms with E-state index in [1.54, 1.807) is 19.0 Å². The minimum Gasteiger partial charge on any atom is -0.360 e. The van der Waals surface area contributed by atoms with Gasteiger partial charge in [0.15, 0.2) is 0 Å². The van der Waals surface area contributed by atoms with Crippen LogP contribution >= 0.6 is 11.6 Å². The second kappa shape index (κ2) is 5.76. The van der Waals surface area contributed by atoms with E-state index in [2.05, 4.69) is 20.4 Å². The largest absolute Gasteiger partial charge is 0.417 e. The number of hydrogen-bond acceptors (Lipinski definition) is 6. The molecule has 0 unspecified atom stereocenters. The summed E-state index contributed by atoms with van der Waals surface area (Å²) in [7, 11) is 3.49. The minimum absolute atomic E-state index is 0.0962. The lowest BCUT2D eigenvalue weighted by Crippen LogP contribution is -2.10. The molecule has 0 spiro atoms. The fourth-order valence-corrected chi connectivity index (χ4v) is 1.61. The summed E-state index contributed by atoms with van der Waals surface area (Å²) in [6.07, 6.45) is -3.78. The Balaban J connectivity index is 2.06. The third-order valence-corrected chi connectivity index (χ3v) is 2.72. The fourth-order valence-electron chi connectivity index (χ4n) is 1.38. The molecule has 0 bridgehead atoms. The molecule has 0 aromatic carbocycles. The zero-order chi connectivity index (χ0) is 15.6. The Bertz CT molecular complexity index is 629. The molecule has 10 heteroatoms. The SMILES string of the molecule is CN(C)c1noc(CNc2ncc(C(F)(F)F)cc2Cl)n1. The van der Waals surface area contributed by atoms with E-state index in [0.717, 1.165) is 6.07 Å². The summed E-state index contributed by atoms with van der Waals surface area (Å²) in [5.74, 6) is 0.754. The average Bonchev–Trinajstić information content (AvgIpc) is 2.85. The first-order valence-corrected chi connectivity index (χ1v) is 6.11. The molecule has 0 amide bonds. The van der Waals surface area contributed by atoms with Gasteiger partial charge in [-0.25, -0.2) is 4.98 Å². The van der Waals surface area contributed by atoms with E-state index in [9.17, 15) is 13.2 Å². The van der Waals surface area contributed by atoms with E-state index in [1.807, 2.05) is 0 Å². The van der Waals surface area contributed by atoms with Crippen molar-refractivity contribution < 1.29 is 17.7 Å². The molecule has 0 atom stereocenters. The van der Waals surface area contributed by atoms with Crippen molar-refractivity contribution in [1.29, 1.82) is 0 Å². The van der Waals surface area contributed by atoms with E-state index in [-0.39, 0.29) is 23.3 Å². The lowest BCUT2D eigenvalue weighted by molar-refractivity contribution is -0.137. The molecule has 2 aromatic heterocycles. The molecular weight excluding hydrogens is 311 g/mol. The van der Waals surface area contributed by atoms with E-state index < -0.39 is 11.7 Å². The van der Waals surface area contributed by atoms with Gasteiger partial charge in [-0.15, -0.1) is 0 Å². The monoisotopic (exact) mass is 321 g/mol. The molecule has 2 heterocycles. The molecule has 6 nitrogen and oxygen atoms in total. The van der Waals surface area contributed by atoms with Crippen LogP contribution in [0.3, 0.4) is 0 Å². The van der Waals surface area contributed by atoms with Gasteiger partial charge >= 0.3 is 6.18 Å². The number of anilines is 2. The Morgan fingerprint density at radius 1 is 1.38 bits per heavy atom. The Morgan fingerprint density at radius 3 is 2.62 bits per heavy atom. The highest BCUT2D eigenvalue weighted by atomic mass is 35.5. The summed E-state index contributed by atoms with van der Waals surface area (Å²) >= 11 is 5.76. The van der Waals surface area contributed by atoms with Gasteiger partial charge in [0.05, 0.1) is 17.1 Å². The maximum absolute atomic E-state index is 12.5. The molecule has 0 saturated carbocycles. The zero-order valence-electron chi connectivity index (χ0n) is 11.1. The van der Waals surface area contributed by atoms with Crippen molar-refractivity contribution in [3.05, 3.63) is 28.7 Å². The van der Waals surface area contributed by atoms with Gasteiger partial charge in [0.1, 0.15) is 5.82 Å². The smallest absolute Gasteiger partial charge is 0.360 e. The number of pyridine rings is 1. The highest BCUT2D eigenvalue weighted by Gasteiger charge is 2.31. The van der Waals surface area contributed by atoms with Crippen molar-refractivity contribution >= 4 is 23.4 Å². The number of rotatable bonds is 4. The summed E-state index contributed by atoms with van der Waals surface area (Å²) in [6, 6.07) is 0.802. The van der Waals surface area contributed by atoms with Gasteiger partial charge in [0.2, 0.25) is 5.89 Å². The van der Waals surface area contributed by atoms with E-state index in [4.69, 9.17) is 16.1 Å². The van der Waals surface area contributed by atoms with Crippen molar-refractivity contribution in [2.24, 2.45) is 0 Å². The van der Waals surface area contributed by atoms with Crippen LogP contribution in [-0.2, 0) is 12.7 Å². The Kier molecular flexibility index (Phi) is 4.21. The van der Waals surface area contributed by atoms with Crippen LogP contribution in [0.15, 0.2) is 16.8 Å². The molecule has 2 rings (SSSR count). The summed E-state index contributed by atoms with van der Waals surface area (Å²) in [5.41, 5.74) is -0.911. The maximum atomic E-state index is 12.5. The second-order valence-corrected chi connectivity index (χ2v) is 4.70. The van der Waals surface area contributed by atoms with Crippen LogP contribution in [-0.4, -0.2) is 29.2 Å². The van der Waals surface area contributed by atoms with Crippen LogP contribution in [0.5, 0.6) is 0 Å².